The van der Waals surface area contributed by atoms with Crippen molar-refractivity contribution in [1.82, 2.24) is 0 Å². The van der Waals surface area contributed by atoms with E-state index in [0.29, 0.717) is 6.61 Å². The molecule has 0 bridgehead atoms. The van der Waals surface area contributed by atoms with Gasteiger partial charge in [-0.25, -0.2) is 21.6 Å². The van der Waals surface area contributed by atoms with Gasteiger partial charge in [0.1, 0.15) is 13.2 Å². The number of ether oxygens (including phenoxy) is 1. The van der Waals surface area contributed by atoms with Crippen LogP contribution in [0.15, 0.2) is 12.7 Å². The normalized spacial score (nSPS) is 12.1. The van der Waals surface area contributed by atoms with Gasteiger partial charge in [-0.15, -0.1) is 7.77 Å². The first-order valence-electron chi connectivity index (χ1n) is 4.89. The van der Waals surface area contributed by atoms with Crippen LogP contribution in [0.25, 0.3) is 4.13 Å². The van der Waals surface area contributed by atoms with E-state index in [-0.39, 0.29) is 5.97 Å². The van der Waals surface area contributed by atoms with Crippen molar-refractivity contribution in [2.75, 3.05) is 34.3 Å². The standard InChI is InChI=1S/C8H16NO2.F2NO4S2/c1-5-8(10)11-7-6-9(2,3)4;1-8(4,5)3-9(2,6)7/h5H,1,6-7H2,2-4H3;/q+1;-1. The Bertz CT molecular complexity index is 494. The topological polar surface area (TPSA) is 109 Å². The number of quaternary nitrogens is 1. The average molecular weight is 338 g/mol. The first-order valence-corrected chi connectivity index (χ1v) is 7.57. The molecular weight excluding hydrogens is 322 g/mol. The van der Waals surface area contributed by atoms with Gasteiger partial charge in [-0.1, -0.05) is 6.58 Å². The SMILES string of the molecule is C=CC(=O)OCC[N+](C)(C)C.O=S(=O)(F)[N-]S(=O)(=O)F. The highest BCUT2D eigenvalue weighted by atomic mass is 32.3. The van der Waals surface area contributed by atoms with Crippen molar-refractivity contribution in [3.63, 3.8) is 0 Å². The number of hydrogen-bond donors (Lipinski definition) is 0. The van der Waals surface area contributed by atoms with Crippen molar-refractivity contribution >= 4 is 26.8 Å². The molecule has 0 radical (unpaired) electrons. The van der Waals surface area contributed by atoms with Gasteiger partial charge in [-0.2, -0.15) is 0 Å². The first-order chi connectivity index (χ1) is 8.66. The quantitative estimate of drug-likeness (QED) is 0.296. The van der Waals surface area contributed by atoms with E-state index in [1.165, 1.54) is 6.08 Å². The van der Waals surface area contributed by atoms with Gasteiger partial charge in [0.15, 0.2) is 0 Å². The fourth-order valence-electron chi connectivity index (χ4n) is 0.585. The maximum absolute atomic E-state index is 11.1. The van der Waals surface area contributed by atoms with Gasteiger partial charge in [0.25, 0.3) is 0 Å². The highest BCUT2D eigenvalue weighted by Crippen LogP contribution is 2.11. The van der Waals surface area contributed by atoms with Crippen molar-refractivity contribution in [2.45, 2.75) is 0 Å². The van der Waals surface area contributed by atoms with Crippen molar-refractivity contribution in [2.24, 2.45) is 0 Å². The fraction of sp³-hybridized carbons (Fsp3) is 0.625. The highest BCUT2D eigenvalue weighted by molar-refractivity contribution is 8.07. The van der Waals surface area contributed by atoms with Crippen molar-refractivity contribution in [3.05, 3.63) is 16.8 Å². The molecule has 0 aliphatic carbocycles. The molecule has 0 saturated carbocycles. The van der Waals surface area contributed by atoms with Crippen LogP contribution in [0, 0.1) is 0 Å². The molecule has 0 heterocycles. The molecule has 120 valence electrons. The van der Waals surface area contributed by atoms with Crippen molar-refractivity contribution in [1.29, 1.82) is 0 Å². The lowest BCUT2D eigenvalue weighted by Gasteiger charge is -2.23. The van der Waals surface area contributed by atoms with Crippen LogP contribution in [0.2, 0.25) is 0 Å². The molecule has 0 aliphatic heterocycles. The average Bonchev–Trinajstić information content (AvgIpc) is 2.10. The van der Waals surface area contributed by atoms with Crippen molar-refractivity contribution in [3.8, 4) is 0 Å². The van der Waals surface area contributed by atoms with Gasteiger partial charge in [-0.3, -0.25) is 0 Å². The highest BCUT2D eigenvalue weighted by Gasteiger charge is 2.06. The molecule has 0 atom stereocenters. The monoisotopic (exact) mass is 338 g/mol. The van der Waals surface area contributed by atoms with Gasteiger partial charge in [-0.05, 0) is 0 Å². The van der Waals surface area contributed by atoms with Crippen LogP contribution in [0.1, 0.15) is 0 Å². The number of hydrogen-bond acceptors (Lipinski definition) is 6. The molecule has 0 amide bonds. The number of carbonyl (C=O) groups excluding carboxylic acids is 1. The second-order valence-corrected chi connectivity index (χ2v) is 6.53. The summed E-state index contributed by atoms with van der Waals surface area (Å²) in [6, 6.07) is 0. The van der Waals surface area contributed by atoms with Crippen LogP contribution >= 0.6 is 0 Å². The van der Waals surface area contributed by atoms with Crippen LogP contribution < -0.4 is 0 Å². The Morgan fingerprint density at radius 2 is 1.60 bits per heavy atom. The number of esters is 1. The molecule has 0 aromatic rings. The van der Waals surface area contributed by atoms with Crippen LogP contribution in [0.3, 0.4) is 0 Å². The minimum atomic E-state index is -5.62. The number of nitrogens with zero attached hydrogens (tertiary/aromatic N) is 2. The van der Waals surface area contributed by atoms with E-state index < -0.39 is 20.8 Å². The summed E-state index contributed by atoms with van der Waals surface area (Å²) in [5.74, 6) is -0.349. The van der Waals surface area contributed by atoms with Gasteiger partial charge in [0, 0.05) is 6.08 Å². The Balaban J connectivity index is 0. The third kappa shape index (κ3) is 22.1. The maximum Gasteiger partial charge on any atom is 0.330 e. The minimum absolute atomic E-state index is 0.349. The zero-order chi connectivity index (χ0) is 16.6. The van der Waals surface area contributed by atoms with E-state index >= 15 is 0 Å². The van der Waals surface area contributed by atoms with Gasteiger partial charge >= 0.3 is 5.97 Å². The zero-order valence-electron chi connectivity index (χ0n) is 11.1. The lowest BCUT2D eigenvalue weighted by atomic mass is 10.5. The first kappa shape index (κ1) is 21.2. The minimum Gasteiger partial charge on any atom is -0.457 e. The maximum atomic E-state index is 11.1. The summed E-state index contributed by atoms with van der Waals surface area (Å²) in [6.07, 6.45) is 1.18. The second-order valence-electron chi connectivity index (χ2n) is 4.28. The van der Waals surface area contributed by atoms with Crippen LogP contribution in [0.5, 0.6) is 0 Å². The summed E-state index contributed by atoms with van der Waals surface area (Å²) in [6.45, 7) is 4.57. The Hall–Kier alpha value is -1.11. The summed E-state index contributed by atoms with van der Waals surface area (Å²) >= 11 is 0. The number of likely N-dealkylation sites (N-methyl/N-ethyl adjacent to an activating group) is 1. The van der Waals surface area contributed by atoms with Gasteiger partial charge in [0.05, 0.1) is 21.1 Å². The second kappa shape index (κ2) is 8.24. The molecule has 0 spiro atoms. The molecule has 0 aliphatic rings. The summed E-state index contributed by atoms with van der Waals surface area (Å²) < 4.78 is 65.7. The molecule has 0 N–H and O–H groups in total. The van der Waals surface area contributed by atoms with Crippen LogP contribution in [0.4, 0.5) is 7.77 Å². The molecule has 20 heavy (non-hydrogen) atoms. The van der Waals surface area contributed by atoms with Gasteiger partial charge in [0.2, 0.25) is 20.8 Å². The zero-order valence-corrected chi connectivity index (χ0v) is 12.7. The van der Waals surface area contributed by atoms with Crippen LogP contribution in [-0.4, -0.2) is 61.6 Å². The smallest absolute Gasteiger partial charge is 0.330 e. The van der Waals surface area contributed by atoms with E-state index in [2.05, 4.69) is 6.58 Å². The number of carbonyl (C=O) groups is 1. The largest absolute Gasteiger partial charge is 0.457 e. The lowest BCUT2D eigenvalue weighted by Crippen LogP contribution is -2.37. The summed E-state index contributed by atoms with van der Waals surface area (Å²) in [5, 5.41) is 0. The van der Waals surface area contributed by atoms with E-state index in [9.17, 15) is 29.4 Å². The third-order valence-electron chi connectivity index (χ3n) is 1.35. The predicted molar refractivity (Wildman–Crippen MR) is 67.5 cm³/mol. The Morgan fingerprint density at radius 3 is 1.80 bits per heavy atom. The summed E-state index contributed by atoms with van der Waals surface area (Å²) in [5.41, 5.74) is 0. The lowest BCUT2D eigenvalue weighted by molar-refractivity contribution is -0.870. The fourth-order valence-corrected chi connectivity index (χ4v) is 1.44. The molecule has 12 heteroatoms. The summed E-state index contributed by atoms with van der Waals surface area (Å²) in [7, 11) is -5.11. The molecule has 0 rings (SSSR count). The van der Waals surface area contributed by atoms with E-state index in [1.807, 2.05) is 21.1 Å². The predicted octanol–water partition coefficient (Wildman–Crippen LogP) is 0.210. The van der Waals surface area contributed by atoms with E-state index in [1.54, 1.807) is 0 Å². The molecule has 0 fully saturated rings. The van der Waals surface area contributed by atoms with Gasteiger partial charge < -0.3 is 13.3 Å². The van der Waals surface area contributed by atoms with E-state index in [0.717, 1.165) is 15.2 Å². The number of halogens is 2. The molecule has 0 saturated heterocycles. The van der Waals surface area contributed by atoms with Crippen molar-refractivity contribution < 1.29 is 38.6 Å². The molecule has 8 nitrogen and oxygen atoms in total. The Morgan fingerprint density at radius 1 is 1.20 bits per heavy atom. The van der Waals surface area contributed by atoms with E-state index in [4.69, 9.17) is 4.74 Å². The Kier molecular flexibility index (Phi) is 8.73. The molecule has 0 aromatic carbocycles. The molecular formula is C8H16F2N2O6S2. The third-order valence-corrected chi connectivity index (χ3v) is 2.78. The summed E-state index contributed by atoms with van der Waals surface area (Å²) in [4.78, 5) is 10.6. The number of rotatable bonds is 6. The molecule has 0 aromatic heterocycles. The molecule has 0 unspecified atom stereocenters. The van der Waals surface area contributed by atoms with Crippen LogP contribution in [-0.2, 0) is 30.3 Å². The Labute approximate surface area is 117 Å².